The minimum Gasteiger partial charge on any atom is -0.490 e. The van der Waals surface area contributed by atoms with Gasteiger partial charge >= 0.3 is 11.7 Å². The number of nitrogens with one attached hydrogen (secondary N) is 1. The summed E-state index contributed by atoms with van der Waals surface area (Å²) in [4.78, 5) is 20.8. The van der Waals surface area contributed by atoms with E-state index in [-0.39, 0.29) is 29.3 Å². The summed E-state index contributed by atoms with van der Waals surface area (Å²) in [6.45, 7) is -0.224. The fourth-order valence-electron chi connectivity index (χ4n) is 1.64. The van der Waals surface area contributed by atoms with Crippen LogP contribution in [0.25, 0.3) is 0 Å². The molecule has 128 valence electrons. The minimum absolute atomic E-state index is 0.185. The fourth-order valence-corrected chi connectivity index (χ4v) is 2.71. The molecule has 10 nitrogen and oxygen atoms in total. The Morgan fingerprint density at radius 2 is 2.09 bits per heavy atom. The van der Waals surface area contributed by atoms with Crippen LogP contribution in [-0.2, 0) is 19.6 Å². The first-order chi connectivity index (χ1) is 10.7. The molecule has 0 bridgehead atoms. The van der Waals surface area contributed by atoms with Gasteiger partial charge in [0.1, 0.15) is 0 Å². The lowest BCUT2D eigenvalue weighted by atomic mass is 10.2. The summed E-state index contributed by atoms with van der Waals surface area (Å²) in [5, 5.41) is 20.1. The van der Waals surface area contributed by atoms with Crippen LogP contribution in [0, 0.1) is 10.1 Å². The molecule has 1 aromatic rings. The minimum atomic E-state index is -3.98. The molecule has 23 heavy (non-hydrogen) atoms. The summed E-state index contributed by atoms with van der Waals surface area (Å²) in [6.07, 6.45) is -1.63. The number of carbonyl (C=O) groups excluding carboxylic acids is 1. The van der Waals surface area contributed by atoms with Crippen molar-refractivity contribution in [2.75, 3.05) is 20.8 Å². The highest BCUT2D eigenvalue weighted by atomic mass is 32.2. The van der Waals surface area contributed by atoms with E-state index in [1.54, 1.807) is 0 Å². The second-order valence-electron chi connectivity index (χ2n) is 4.32. The van der Waals surface area contributed by atoms with E-state index in [1.165, 1.54) is 7.11 Å². The molecule has 0 aromatic heterocycles. The van der Waals surface area contributed by atoms with Crippen LogP contribution in [0.2, 0.25) is 0 Å². The van der Waals surface area contributed by atoms with Gasteiger partial charge in [-0.1, -0.05) is 0 Å². The highest BCUT2D eigenvalue weighted by molar-refractivity contribution is 7.89. The molecule has 0 unspecified atom stereocenters. The molecule has 0 spiro atoms. The van der Waals surface area contributed by atoms with Crippen LogP contribution in [0.4, 0.5) is 5.69 Å². The van der Waals surface area contributed by atoms with Crippen molar-refractivity contribution < 1.29 is 32.7 Å². The Kier molecular flexibility index (Phi) is 6.42. The summed E-state index contributed by atoms with van der Waals surface area (Å²) >= 11 is 0. The fraction of sp³-hybridized carbons (Fsp3) is 0.417. The first-order valence-corrected chi connectivity index (χ1v) is 7.79. The Bertz CT molecular complexity index is 688. The zero-order valence-corrected chi connectivity index (χ0v) is 13.2. The second-order valence-corrected chi connectivity index (χ2v) is 6.08. The van der Waals surface area contributed by atoms with Gasteiger partial charge in [-0.25, -0.2) is 17.9 Å². The van der Waals surface area contributed by atoms with E-state index in [9.17, 15) is 28.4 Å². The maximum absolute atomic E-state index is 12.1. The van der Waals surface area contributed by atoms with Crippen LogP contribution in [-0.4, -0.2) is 51.3 Å². The Hall–Kier alpha value is -2.24. The number of aliphatic hydroxyl groups is 1. The lowest BCUT2D eigenvalue weighted by molar-refractivity contribution is -0.385. The SMILES string of the molecule is COC(=O)[C@@H](O)CCNS(=O)(=O)c1ccc([N+](=O)[O-])c(OC)c1. The monoisotopic (exact) mass is 348 g/mol. The maximum atomic E-state index is 12.1. The predicted octanol–water partition coefficient (Wildman–Crippen LogP) is -0.194. The maximum Gasteiger partial charge on any atom is 0.334 e. The number of nitrogens with zero attached hydrogens (tertiary/aromatic N) is 1. The van der Waals surface area contributed by atoms with E-state index in [2.05, 4.69) is 9.46 Å². The number of rotatable bonds is 8. The smallest absolute Gasteiger partial charge is 0.334 e. The van der Waals surface area contributed by atoms with E-state index in [4.69, 9.17) is 4.74 Å². The number of esters is 1. The van der Waals surface area contributed by atoms with Crippen molar-refractivity contribution in [3.63, 3.8) is 0 Å². The van der Waals surface area contributed by atoms with E-state index >= 15 is 0 Å². The molecule has 0 fully saturated rings. The molecule has 0 aliphatic rings. The molecule has 1 rings (SSSR count). The van der Waals surface area contributed by atoms with Gasteiger partial charge in [0.05, 0.1) is 24.0 Å². The van der Waals surface area contributed by atoms with Crippen molar-refractivity contribution in [1.82, 2.24) is 4.72 Å². The largest absolute Gasteiger partial charge is 0.490 e. The molecular formula is C12H16N2O8S. The van der Waals surface area contributed by atoms with Crippen LogP contribution in [0.1, 0.15) is 6.42 Å². The third kappa shape index (κ3) is 4.87. The average Bonchev–Trinajstić information content (AvgIpc) is 2.52. The first-order valence-electron chi connectivity index (χ1n) is 6.31. The van der Waals surface area contributed by atoms with E-state index < -0.39 is 27.0 Å². The molecule has 1 aromatic carbocycles. The van der Waals surface area contributed by atoms with Gasteiger partial charge < -0.3 is 14.6 Å². The summed E-state index contributed by atoms with van der Waals surface area (Å²) in [6, 6.07) is 3.08. The van der Waals surface area contributed by atoms with Crippen molar-refractivity contribution in [2.24, 2.45) is 0 Å². The zero-order chi connectivity index (χ0) is 17.6. The summed E-state index contributed by atoms with van der Waals surface area (Å²) < 4.78 is 35.4. The Morgan fingerprint density at radius 1 is 1.43 bits per heavy atom. The number of ether oxygens (including phenoxy) is 2. The Labute approximate surface area is 132 Å². The standard InChI is InChI=1S/C12H16N2O8S/c1-21-11-7-8(3-4-9(11)14(17)18)23(19,20)13-6-5-10(15)12(16)22-2/h3-4,7,10,13,15H,5-6H2,1-2H3/t10-/m0/s1. The van der Waals surface area contributed by atoms with Crippen molar-refractivity contribution >= 4 is 21.7 Å². The summed E-state index contributed by atoms with van der Waals surface area (Å²) in [7, 11) is -1.70. The van der Waals surface area contributed by atoms with Gasteiger partial charge in [0, 0.05) is 18.7 Å². The summed E-state index contributed by atoms with van der Waals surface area (Å²) in [5.74, 6) is -1.08. The van der Waals surface area contributed by atoms with Crippen LogP contribution in [0.3, 0.4) is 0 Å². The molecule has 11 heteroatoms. The number of carbonyl (C=O) groups is 1. The second kappa shape index (κ2) is 7.85. The van der Waals surface area contributed by atoms with E-state index in [0.717, 1.165) is 25.3 Å². The quantitative estimate of drug-likeness (QED) is 0.373. The van der Waals surface area contributed by atoms with Gasteiger partial charge in [0.15, 0.2) is 11.9 Å². The molecule has 0 radical (unpaired) electrons. The lowest BCUT2D eigenvalue weighted by Crippen LogP contribution is -2.30. The molecule has 1 atom stereocenters. The molecule has 0 aliphatic carbocycles. The molecule has 0 saturated carbocycles. The number of sulfonamides is 1. The number of benzene rings is 1. The van der Waals surface area contributed by atoms with Crippen LogP contribution >= 0.6 is 0 Å². The summed E-state index contributed by atoms with van der Waals surface area (Å²) in [5.41, 5.74) is -0.368. The number of hydrogen-bond donors (Lipinski definition) is 2. The van der Waals surface area contributed by atoms with Crippen LogP contribution in [0.15, 0.2) is 23.1 Å². The van der Waals surface area contributed by atoms with Crippen LogP contribution in [0.5, 0.6) is 5.75 Å². The number of hydrogen-bond acceptors (Lipinski definition) is 8. The van der Waals surface area contributed by atoms with Gasteiger partial charge in [-0.15, -0.1) is 0 Å². The van der Waals surface area contributed by atoms with Gasteiger partial charge in [-0.05, 0) is 12.5 Å². The molecule has 0 heterocycles. The van der Waals surface area contributed by atoms with Crippen molar-refractivity contribution in [1.29, 1.82) is 0 Å². The molecule has 0 saturated heterocycles. The molecule has 0 amide bonds. The van der Waals surface area contributed by atoms with Gasteiger partial charge in [0.25, 0.3) is 0 Å². The molecule has 2 N–H and O–H groups in total. The highest BCUT2D eigenvalue weighted by Crippen LogP contribution is 2.29. The topological polar surface area (TPSA) is 145 Å². The van der Waals surface area contributed by atoms with Crippen molar-refractivity contribution in [3.05, 3.63) is 28.3 Å². The Balaban J connectivity index is 2.84. The number of nitro benzene ring substituents is 1. The van der Waals surface area contributed by atoms with Gasteiger partial charge in [0.2, 0.25) is 10.0 Å². The number of methoxy groups -OCH3 is 2. The third-order valence-corrected chi connectivity index (χ3v) is 4.30. The zero-order valence-electron chi connectivity index (χ0n) is 12.4. The highest BCUT2D eigenvalue weighted by Gasteiger charge is 2.22. The van der Waals surface area contributed by atoms with E-state index in [0.29, 0.717) is 0 Å². The van der Waals surface area contributed by atoms with E-state index in [1.807, 2.05) is 0 Å². The molecule has 0 aliphatic heterocycles. The number of nitro groups is 1. The Morgan fingerprint density at radius 3 is 2.61 bits per heavy atom. The normalized spacial score (nSPS) is 12.5. The molecular weight excluding hydrogens is 332 g/mol. The van der Waals surface area contributed by atoms with Gasteiger partial charge in [-0.2, -0.15) is 0 Å². The average molecular weight is 348 g/mol. The first kappa shape index (κ1) is 18.8. The van der Waals surface area contributed by atoms with Gasteiger partial charge in [-0.3, -0.25) is 10.1 Å². The third-order valence-electron chi connectivity index (χ3n) is 2.84. The number of aliphatic hydroxyl groups excluding tert-OH is 1. The van der Waals surface area contributed by atoms with Crippen LogP contribution < -0.4 is 9.46 Å². The van der Waals surface area contributed by atoms with Crippen molar-refractivity contribution in [3.8, 4) is 5.75 Å². The predicted molar refractivity (Wildman–Crippen MR) is 77.5 cm³/mol. The van der Waals surface area contributed by atoms with Crippen molar-refractivity contribution in [2.45, 2.75) is 17.4 Å². The lowest BCUT2D eigenvalue weighted by Gasteiger charge is -2.10.